The lowest BCUT2D eigenvalue weighted by Crippen LogP contribution is -2.37. The van der Waals surface area contributed by atoms with Crippen LogP contribution in [0.5, 0.6) is 0 Å². The fourth-order valence-corrected chi connectivity index (χ4v) is 3.64. The summed E-state index contributed by atoms with van der Waals surface area (Å²) in [5, 5.41) is 14.5. The molecular weight excluding hydrogens is 398 g/mol. The second-order valence-corrected chi connectivity index (χ2v) is 8.93. The molecule has 1 aliphatic heterocycles. The molecule has 0 spiro atoms. The van der Waals surface area contributed by atoms with Crippen molar-refractivity contribution >= 4 is 28.8 Å². The highest BCUT2D eigenvalue weighted by Crippen LogP contribution is 2.35. The number of aromatic nitrogens is 5. The largest absolute Gasteiger partial charge is 0.444 e. The predicted molar refractivity (Wildman–Crippen MR) is 114 cm³/mol. The minimum absolute atomic E-state index is 0.0960. The van der Waals surface area contributed by atoms with E-state index in [4.69, 9.17) is 9.47 Å². The summed E-state index contributed by atoms with van der Waals surface area (Å²) in [6.07, 6.45) is 3.56. The number of carbonyl (C=O) groups excluding carboxylic acids is 1. The maximum atomic E-state index is 12.0. The zero-order valence-electron chi connectivity index (χ0n) is 17.9. The molecule has 2 atom stereocenters. The number of nitrogens with zero attached hydrogens (tertiary/aromatic N) is 3. The third-order valence-electron chi connectivity index (χ3n) is 5.78. The Balaban J connectivity index is 1.24. The average Bonchev–Trinajstić information content (AvgIpc) is 3.18. The highest BCUT2D eigenvalue weighted by molar-refractivity contribution is 5.88. The summed E-state index contributed by atoms with van der Waals surface area (Å²) in [7, 11) is 0. The minimum atomic E-state index is -0.374. The lowest BCUT2D eigenvalue weighted by Gasteiger charge is -2.15. The first-order chi connectivity index (χ1) is 14.9. The van der Waals surface area contributed by atoms with Gasteiger partial charge in [-0.3, -0.25) is 5.10 Å². The summed E-state index contributed by atoms with van der Waals surface area (Å²) in [6.45, 7) is 6.50. The molecule has 10 nitrogen and oxygen atoms in total. The molecule has 10 heteroatoms. The monoisotopic (exact) mass is 425 g/mol. The first-order valence-corrected chi connectivity index (χ1v) is 10.7. The lowest BCUT2D eigenvalue weighted by molar-refractivity contribution is 0.0675. The van der Waals surface area contributed by atoms with Gasteiger partial charge < -0.3 is 25.1 Å². The summed E-state index contributed by atoms with van der Waals surface area (Å²) in [6, 6.07) is 3.83. The van der Waals surface area contributed by atoms with Gasteiger partial charge in [0.05, 0.1) is 17.7 Å². The fraction of sp³-hybridized carbons (Fsp3) is 0.524. The number of nitrogens with one attached hydrogen (secondary N) is 4. The van der Waals surface area contributed by atoms with E-state index in [1.807, 2.05) is 25.3 Å². The van der Waals surface area contributed by atoms with Crippen LogP contribution < -0.4 is 10.6 Å². The van der Waals surface area contributed by atoms with Crippen molar-refractivity contribution in [1.29, 1.82) is 0 Å². The topological polar surface area (TPSA) is 130 Å². The smallest absolute Gasteiger partial charge is 0.407 e. The van der Waals surface area contributed by atoms with E-state index in [9.17, 15) is 4.79 Å². The Morgan fingerprint density at radius 2 is 2.19 bits per heavy atom. The van der Waals surface area contributed by atoms with Crippen molar-refractivity contribution in [2.24, 2.45) is 0 Å². The summed E-state index contributed by atoms with van der Waals surface area (Å²) in [5.41, 5.74) is 1.52. The molecule has 1 saturated carbocycles. The normalized spacial score (nSPS) is 22.1. The molecule has 4 heterocycles. The molecule has 2 aliphatic rings. The van der Waals surface area contributed by atoms with Crippen LogP contribution in [0.25, 0.3) is 11.0 Å². The van der Waals surface area contributed by atoms with Crippen molar-refractivity contribution in [2.75, 3.05) is 11.9 Å². The van der Waals surface area contributed by atoms with E-state index in [-0.39, 0.29) is 29.8 Å². The molecule has 0 bridgehead atoms. The van der Waals surface area contributed by atoms with E-state index in [1.165, 1.54) is 0 Å². The number of amides is 1. The Hall–Kier alpha value is -3.14. The zero-order valence-corrected chi connectivity index (χ0v) is 17.9. The van der Waals surface area contributed by atoms with Gasteiger partial charge in [0.1, 0.15) is 29.5 Å². The van der Waals surface area contributed by atoms with Crippen molar-refractivity contribution in [2.45, 2.75) is 63.7 Å². The average molecular weight is 425 g/mol. The van der Waals surface area contributed by atoms with Crippen molar-refractivity contribution in [3.05, 3.63) is 29.8 Å². The molecule has 4 N–H and O–H groups in total. The Morgan fingerprint density at radius 1 is 1.35 bits per heavy atom. The summed E-state index contributed by atoms with van der Waals surface area (Å²) in [5.74, 6) is 2.29. The van der Waals surface area contributed by atoms with E-state index in [2.05, 4.69) is 49.6 Å². The third-order valence-corrected chi connectivity index (χ3v) is 5.78. The minimum Gasteiger partial charge on any atom is -0.444 e. The van der Waals surface area contributed by atoms with E-state index >= 15 is 0 Å². The highest BCUT2D eigenvalue weighted by atomic mass is 16.6. The van der Waals surface area contributed by atoms with Crippen LogP contribution in [0.3, 0.4) is 0 Å². The maximum Gasteiger partial charge on any atom is 0.407 e. The Morgan fingerprint density at radius 3 is 2.97 bits per heavy atom. The zero-order chi connectivity index (χ0) is 21.6. The number of H-pyrrole nitrogens is 2. The van der Waals surface area contributed by atoms with E-state index in [1.54, 1.807) is 0 Å². The molecule has 5 rings (SSSR count). The Bertz CT molecular complexity index is 1100. The second-order valence-electron chi connectivity index (χ2n) is 8.93. The molecule has 2 unspecified atom stereocenters. The first-order valence-electron chi connectivity index (χ1n) is 10.7. The van der Waals surface area contributed by atoms with Gasteiger partial charge in [0, 0.05) is 30.1 Å². The SMILES string of the molecule is CC(C)c1nc(Nc2cc(C3CC(OC(=O)NC4(C)CC4)CO3)[nH]n2)c2cc[nH]c2n1. The summed E-state index contributed by atoms with van der Waals surface area (Å²) >= 11 is 0. The van der Waals surface area contributed by atoms with Crippen LogP contribution in [-0.2, 0) is 9.47 Å². The van der Waals surface area contributed by atoms with Gasteiger partial charge in [0.15, 0.2) is 5.82 Å². The van der Waals surface area contributed by atoms with Crippen molar-refractivity contribution in [1.82, 2.24) is 30.5 Å². The number of alkyl carbamates (subject to hydrolysis) is 1. The molecule has 3 aromatic heterocycles. The van der Waals surface area contributed by atoms with Crippen LogP contribution in [0.1, 0.15) is 63.6 Å². The lowest BCUT2D eigenvalue weighted by atomic mass is 10.1. The highest BCUT2D eigenvalue weighted by Gasteiger charge is 2.40. The van der Waals surface area contributed by atoms with Crippen molar-refractivity contribution in [3.63, 3.8) is 0 Å². The van der Waals surface area contributed by atoms with Gasteiger partial charge in [0.2, 0.25) is 0 Å². The number of aromatic amines is 2. The number of hydrogen-bond acceptors (Lipinski definition) is 7. The molecule has 3 aromatic rings. The molecule has 2 fully saturated rings. The van der Waals surface area contributed by atoms with Gasteiger partial charge in [-0.05, 0) is 25.8 Å². The van der Waals surface area contributed by atoms with Gasteiger partial charge in [-0.15, -0.1) is 0 Å². The van der Waals surface area contributed by atoms with Crippen LogP contribution in [0, 0.1) is 0 Å². The van der Waals surface area contributed by atoms with Gasteiger partial charge in [0.25, 0.3) is 0 Å². The van der Waals surface area contributed by atoms with Gasteiger partial charge in [-0.2, -0.15) is 5.10 Å². The standard InChI is InChI=1S/C21H27N7O3/c1-11(2)17-24-18-13(4-7-22-18)19(25-17)23-16-9-14(27-28-16)15-8-12(10-30-15)31-20(29)26-21(3)5-6-21/h4,7,9,11-12,15H,5-6,8,10H2,1-3H3,(H,26,29)(H3,22,23,24,25,27,28). The van der Waals surface area contributed by atoms with Gasteiger partial charge >= 0.3 is 6.09 Å². The maximum absolute atomic E-state index is 12.0. The van der Waals surface area contributed by atoms with Crippen LogP contribution >= 0.6 is 0 Å². The second kappa shape index (κ2) is 7.52. The number of carbonyl (C=O) groups is 1. The number of hydrogen-bond donors (Lipinski definition) is 4. The van der Waals surface area contributed by atoms with Gasteiger partial charge in [-0.25, -0.2) is 14.8 Å². The van der Waals surface area contributed by atoms with Crippen LogP contribution in [0.15, 0.2) is 18.3 Å². The molecule has 1 saturated heterocycles. The number of fused-ring (bicyclic) bond motifs is 1. The van der Waals surface area contributed by atoms with Crippen LogP contribution in [-0.4, -0.2) is 49.5 Å². The summed E-state index contributed by atoms with van der Waals surface area (Å²) in [4.78, 5) is 24.4. The van der Waals surface area contributed by atoms with Crippen molar-refractivity contribution in [3.8, 4) is 0 Å². The quantitative estimate of drug-likeness (QED) is 0.474. The van der Waals surface area contributed by atoms with Crippen molar-refractivity contribution < 1.29 is 14.3 Å². The molecule has 0 radical (unpaired) electrons. The molecule has 31 heavy (non-hydrogen) atoms. The Kier molecular flexibility index (Phi) is 4.81. The van der Waals surface area contributed by atoms with E-state index in [0.717, 1.165) is 35.4 Å². The molecule has 1 aliphatic carbocycles. The molecule has 1 amide bonds. The van der Waals surface area contributed by atoms with E-state index in [0.29, 0.717) is 24.7 Å². The molecule has 164 valence electrons. The first kappa shape index (κ1) is 19.8. The third kappa shape index (κ3) is 4.20. The van der Waals surface area contributed by atoms with E-state index < -0.39 is 0 Å². The summed E-state index contributed by atoms with van der Waals surface area (Å²) < 4.78 is 11.3. The van der Waals surface area contributed by atoms with Crippen LogP contribution in [0.2, 0.25) is 0 Å². The molecule has 0 aromatic carbocycles. The fourth-order valence-electron chi connectivity index (χ4n) is 3.64. The van der Waals surface area contributed by atoms with Crippen LogP contribution in [0.4, 0.5) is 16.4 Å². The predicted octanol–water partition coefficient (Wildman–Crippen LogP) is 3.66. The van der Waals surface area contributed by atoms with Gasteiger partial charge in [-0.1, -0.05) is 13.8 Å². The molecular formula is C21H27N7O3. The number of rotatable bonds is 6. The number of ether oxygens (including phenoxy) is 2. The Labute approximate surface area is 179 Å². The number of anilines is 2.